The third-order valence-corrected chi connectivity index (χ3v) is 5.86. The molecule has 1 aromatic heterocycles. The third kappa shape index (κ3) is 4.21. The lowest BCUT2D eigenvalue weighted by Gasteiger charge is -2.24. The van der Waals surface area contributed by atoms with Crippen molar-refractivity contribution >= 4 is 21.3 Å². The van der Waals surface area contributed by atoms with E-state index < -0.39 is 39.4 Å². The summed E-state index contributed by atoms with van der Waals surface area (Å²) in [6.45, 7) is 3.77. The van der Waals surface area contributed by atoms with E-state index in [-0.39, 0.29) is 17.5 Å². The molecule has 10 heteroatoms. The molecule has 156 valence electrons. The Bertz CT molecular complexity index is 1080. The predicted octanol–water partition coefficient (Wildman–Crippen LogP) is 3.22. The van der Waals surface area contributed by atoms with E-state index in [1.807, 2.05) is 0 Å². The zero-order valence-electron chi connectivity index (χ0n) is 15.9. The molecule has 0 saturated heterocycles. The summed E-state index contributed by atoms with van der Waals surface area (Å²) in [6.07, 6.45) is -0.778. The maximum absolute atomic E-state index is 14.4. The van der Waals surface area contributed by atoms with Crippen LogP contribution < -0.4 is 0 Å². The summed E-state index contributed by atoms with van der Waals surface area (Å²) in [7, 11) is -2.41. The third-order valence-electron chi connectivity index (χ3n) is 4.70. The largest absolute Gasteiger partial charge is 0.331 e. The molecule has 0 aliphatic heterocycles. The predicted molar refractivity (Wildman–Crippen MR) is 101 cm³/mol. The lowest BCUT2D eigenvalue weighted by Crippen LogP contribution is -2.35. The van der Waals surface area contributed by atoms with Crippen molar-refractivity contribution in [3.8, 4) is 0 Å². The Balaban J connectivity index is 1.96. The van der Waals surface area contributed by atoms with Crippen molar-refractivity contribution in [2.45, 2.75) is 30.2 Å². The highest BCUT2D eigenvalue weighted by molar-refractivity contribution is 7.90. The smallest absolute Gasteiger partial charge is 0.283 e. The number of hydrogen-bond acceptors (Lipinski definition) is 4. The minimum atomic E-state index is -3.55. The summed E-state index contributed by atoms with van der Waals surface area (Å²) < 4.78 is 65.6. The summed E-state index contributed by atoms with van der Waals surface area (Å²) in [4.78, 5) is 14.3. The van der Waals surface area contributed by atoms with Crippen LogP contribution in [0.4, 0.5) is 13.2 Å². The van der Waals surface area contributed by atoms with Crippen LogP contribution in [0.15, 0.2) is 35.7 Å². The fourth-order valence-corrected chi connectivity index (χ4v) is 4.08. The number of rotatable bonds is 7. The van der Waals surface area contributed by atoms with Gasteiger partial charge in [0.15, 0.2) is 9.84 Å². The lowest BCUT2D eigenvalue weighted by atomic mass is 10.1. The van der Waals surface area contributed by atoms with Gasteiger partial charge < -0.3 is 4.90 Å². The van der Waals surface area contributed by atoms with E-state index in [2.05, 4.69) is 11.7 Å². The summed E-state index contributed by atoms with van der Waals surface area (Å²) in [5.74, 6) is -2.05. The molecule has 0 radical (unpaired) electrons. The van der Waals surface area contributed by atoms with Crippen LogP contribution in [0.2, 0.25) is 0 Å². The van der Waals surface area contributed by atoms with Crippen molar-refractivity contribution in [2.75, 3.05) is 12.8 Å². The van der Waals surface area contributed by atoms with Gasteiger partial charge in [-0.15, -0.1) is 0 Å². The zero-order valence-corrected chi connectivity index (χ0v) is 16.7. The summed E-state index contributed by atoms with van der Waals surface area (Å²) in [5, 5.41) is 3.42. The fourth-order valence-electron chi connectivity index (χ4n) is 3.14. The quantitative estimate of drug-likeness (QED) is 0.680. The molecular formula is C19H20F3N3O3S. The monoisotopic (exact) mass is 427 g/mol. The van der Waals surface area contributed by atoms with Crippen molar-refractivity contribution < 1.29 is 26.4 Å². The van der Waals surface area contributed by atoms with Gasteiger partial charge in [-0.1, -0.05) is 24.8 Å². The van der Waals surface area contributed by atoms with E-state index in [0.717, 1.165) is 13.3 Å². The number of nitrogens with zero attached hydrogens (tertiary/aromatic N) is 3. The highest BCUT2D eigenvalue weighted by Gasteiger charge is 2.38. The molecule has 1 heterocycles. The summed E-state index contributed by atoms with van der Waals surface area (Å²) >= 11 is 0. The molecule has 1 aromatic carbocycles. The molecular weight excluding hydrogens is 407 g/mol. The molecule has 0 atom stereocenters. The molecule has 1 aliphatic rings. The molecule has 1 aliphatic carbocycles. The van der Waals surface area contributed by atoms with Gasteiger partial charge in [0.05, 0.1) is 4.90 Å². The number of amides is 1. The maximum Gasteiger partial charge on any atom is 0.283 e. The first kappa shape index (κ1) is 21.1. The standard InChI is InChI=1S/C19H20F3N3O3S/c1-11(13-6-4-5-7-14(13)29(3,27)28)10-25(12-8-9-12)19(26)15-16(17(20)21)23-24(2)18(15)22/h4-7,12,17H,1,8-10H2,2-3H3. The number of aromatic nitrogens is 2. The average molecular weight is 427 g/mol. The van der Waals surface area contributed by atoms with Gasteiger partial charge >= 0.3 is 0 Å². The molecule has 0 N–H and O–H groups in total. The molecule has 6 nitrogen and oxygen atoms in total. The Hall–Kier alpha value is -2.62. The van der Waals surface area contributed by atoms with Crippen LogP contribution in [-0.4, -0.2) is 47.8 Å². The van der Waals surface area contributed by atoms with Crippen LogP contribution in [0.5, 0.6) is 0 Å². The van der Waals surface area contributed by atoms with Gasteiger partial charge in [-0.2, -0.15) is 9.49 Å². The van der Waals surface area contributed by atoms with Crippen LogP contribution >= 0.6 is 0 Å². The van der Waals surface area contributed by atoms with Crippen molar-refractivity contribution in [3.05, 3.63) is 53.6 Å². The number of hydrogen-bond donors (Lipinski definition) is 0. The molecule has 1 saturated carbocycles. The van der Waals surface area contributed by atoms with Crippen molar-refractivity contribution in [3.63, 3.8) is 0 Å². The lowest BCUT2D eigenvalue weighted by molar-refractivity contribution is 0.0747. The SMILES string of the molecule is C=C(CN(C(=O)c1c(C(F)F)nn(C)c1F)C1CC1)c1ccccc1S(C)(=O)=O. The van der Waals surface area contributed by atoms with E-state index in [1.54, 1.807) is 18.2 Å². The Morgan fingerprint density at radius 3 is 2.52 bits per heavy atom. The number of carbonyl (C=O) groups is 1. The number of carbonyl (C=O) groups excluding carboxylic acids is 1. The van der Waals surface area contributed by atoms with Crippen LogP contribution in [0.1, 0.15) is 40.9 Å². The van der Waals surface area contributed by atoms with E-state index >= 15 is 0 Å². The highest BCUT2D eigenvalue weighted by atomic mass is 32.2. The molecule has 29 heavy (non-hydrogen) atoms. The van der Waals surface area contributed by atoms with Crippen LogP contribution in [0, 0.1) is 5.95 Å². The maximum atomic E-state index is 14.4. The second-order valence-electron chi connectivity index (χ2n) is 7.01. The number of sulfone groups is 1. The van der Waals surface area contributed by atoms with Gasteiger partial charge in [0, 0.05) is 25.9 Å². The molecule has 0 unspecified atom stereocenters. The number of benzene rings is 1. The van der Waals surface area contributed by atoms with Crippen molar-refractivity contribution in [2.24, 2.45) is 7.05 Å². The Morgan fingerprint density at radius 1 is 1.34 bits per heavy atom. The van der Waals surface area contributed by atoms with E-state index in [0.29, 0.717) is 28.7 Å². The minimum absolute atomic E-state index is 0.0500. The Morgan fingerprint density at radius 2 is 1.97 bits per heavy atom. The first-order valence-corrected chi connectivity index (χ1v) is 10.7. The van der Waals surface area contributed by atoms with E-state index in [9.17, 15) is 26.4 Å². The van der Waals surface area contributed by atoms with Crippen molar-refractivity contribution in [1.29, 1.82) is 0 Å². The van der Waals surface area contributed by atoms with Gasteiger partial charge in [0.1, 0.15) is 11.3 Å². The van der Waals surface area contributed by atoms with Crippen LogP contribution in [0.3, 0.4) is 0 Å². The molecule has 3 rings (SSSR count). The van der Waals surface area contributed by atoms with Gasteiger partial charge in [-0.3, -0.25) is 4.79 Å². The Kier molecular flexibility index (Phi) is 5.57. The van der Waals surface area contributed by atoms with Crippen LogP contribution in [0.25, 0.3) is 5.57 Å². The van der Waals surface area contributed by atoms with Gasteiger partial charge in [0.25, 0.3) is 12.3 Å². The van der Waals surface area contributed by atoms with Crippen molar-refractivity contribution in [1.82, 2.24) is 14.7 Å². The normalized spacial score (nSPS) is 14.3. The first-order chi connectivity index (χ1) is 13.5. The molecule has 2 aromatic rings. The number of aryl methyl sites for hydroxylation is 1. The average Bonchev–Trinajstić information content (AvgIpc) is 3.44. The van der Waals surface area contributed by atoms with E-state index in [4.69, 9.17) is 0 Å². The van der Waals surface area contributed by atoms with E-state index in [1.165, 1.54) is 11.0 Å². The second kappa shape index (κ2) is 7.66. The number of halogens is 3. The molecule has 0 bridgehead atoms. The summed E-state index contributed by atoms with van der Waals surface area (Å²) in [6, 6.07) is 5.93. The summed E-state index contributed by atoms with van der Waals surface area (Å²) in [5.41, 5.74) is -1.04. The topological polar surface area (TPSA) is 72.3 Å². The Labute approximate surface area is 166 Å². The highest BCUT2D eigenvalue weighted by Crippen LogP contribution is 2.33. The first-order valence-electron chi connectivity index (χ1n) is 8.81. The fraction of sp³-hybridized carbons (Fsp3) is 0.368. The van der Waals surface area contributed by atoms with Gasteiger partial charge in [-0.25, -0.2) is 21.9 Å². The van der Waals surface area contributed by atoms with Crippen LogP contribution in [-0.2, 0) is 16.9 Å². The molecule has 1 amide bonds. The van der Waals surface area contributed by atoms with Gasteiger partial charge in [0.2, 0.25) is 5.95 Å². The molecule has 0 spiro atoms. The zero-order chi connectivity index (χ0) is 21.5. The number of alkyl halides is 2. The molecule has 1 fully saturated rings. The van der Waals surface area contributed by atoms with Gasteiger partial charge in [-0.05, 0) is 30.0 Å². The second-order valence-corrected chi connectivity index (χ2v) is 9.00. The minimum Gasteiger partial charge on any atom is -0.331 e.